The second kappa shape index (κ2) is 4.91. The number of aliphatic imine (C=N–C) groups is 1. The maximum atomic E-state index is 13.7. The summed E-state index contributed by atoms with van der Waals surface area (Å²) >= 11 is 0. The van der Waals surface area contributed by atoms with Gasteiger partial charge in [-0.2, -0.15) is 4.99 Å². The molecule has 18 heavy (non-hydrogen) atoms. The zero-order chi connectivity index (χ0) is 13.2. The van der Waals surface area contributed by atoms with Gasteiger partial charge in [-0.15, -0.1) is 0 Å². The molecular formula is C14H17FN2O. The first-order valence-corrected chi connectivity index (χ1v) is 6.15. The minimum atomic E-state index is -0.486. The molecule has 0 spiro atoms. The van der Waals surface area contributed by atoms with Crippen molar-refractivity contribution >= 4 is 11.8 Å². The van der Waals surface area contributed by atoms with Crippen LogP contribution < -0.4 is 4.90 Å². The van der Waals surface area contributed by atoms with Crippen molar-refractivity contribution < 1.29 is 9.18 Å². The maximum Gasteiger partial charge on any atom is 0.235 e. The zero-order valence-electron chi connectivity index (χ0n) is 10.7. The van der Waals surface area contributed by atoms with E-state index in [1.165, 1.54) is 6.07 Å². The molecule has 0 heterocycles. The predicted molar refractivity (Wildman–Crippen MR) is 69.0 cm³/mol. The molecule has 0 amide bonds. The molecule has 0 N–H and O–H groups in total. The van der Waals surface area contributed by atoms with Crippen LogP contribution in [0.25, 0.3) is 0 Å². The van der Waals surface area contributed by atoms with Crippen LogP contribution in [-0.4, -0.2) is 20.2 Å². The van der Waals surface area contributed by atoms with Crippen molar-refractivity contribution in [2.45, 2.75) is 31.2 Å². The lowest BCUT2D eigenvalue weighted by atomic mass is 9.88. The van der Waals surface area contributed by atoms with Gasteiger partial charge in [-0.3, -0.25) is 0 Å². The quantitative estimate of drug-likeness (QED) is 0.608. The summed E-state index contributed by atoms with van der Waals surface area (Å²) < 4.78 is 13.7. The zero-order valence-corrected chi connectivity index (χ0v) is 10.7. The SMILES string of the molecule is CN(C)c1cc(C2(N=C=O)CCCC2)ccc1F. The summed E-state index contributed by atoms with van der Waals surface area (Å²) in [6.45, 7) is 0. The molecule has 1 aromatic carbocycles. The normalized spacial score (nSPS) is 17.3. The summed E-state index contributed by atoms with van der Waals surface area (Å²) in [6, 6.07) is 4.97. The highest BCUT2D eigenvalue weighted by Crippen LogP contribution is 2.43. The Morgan fingerprint density at radius 2 is 2.00 bits per heavy atom. The number of benzene rings is 1. The second-order valence-electron chi connectivity index (χ2n) is 5.00. The monoisotopic (exact) mass is 248 g/mol. The fourth-order valence-electron chi connectivity index (χ4n) is 2.66. The molecule has 0 unspecified atom stereocenters. The topological polar surface area (TPSA) is 32.7 Å². The van der Waals surface area contributed by atoms with Crippen LogP contribution in [0.1, 0.15) is 31.2 Å². The van der Waals surface area contributed by atoms with Crippen LogP contribution in [0.3, 0.4) is 0 Å². The summed E-state index contributed by atoms with van der Waals surface area (Å²) in [5.41, 5.74) is 0.952. The van der Waals surface area contributed by atoms with Crippen LogP contribution in [0.4, 0.5) is 10.1 Å². The molecule has 1 aliphatic carbocycles. The van der Waals surface area contributed by atoms with Gasteiger partial charge in [0.15, 0.2) is 0 Å². The van der Waals surface area contributed by atoms with Gasteiger partial charge in [-0.05, 0) is 30.5 Å². The Bertz CT molecular complexity index is 487. The lowest BCUT2D eigenvalue weighted by molar-refractivity contribution is 0.455. The van der Waals surface area contributed by atoms with Crippen LogP contribution in [0.15, 0.2) is 23.2 Å². The predicted octanol–water partition coefficient (Wildman–Crippen LogP) is 3.00. The first-order valence-electron chi connectivity index (χ1n) is 6.15. The highest BCUT2D eigenvalue weighted by atomic mass is 19.1. The Morgan fingerprint density at radius 3 is 2.56 bits per heavy atom. The third kappa shape index (κ3) is 2.16. The van der Waals surface area contributed by atoms with Crippen LogP contribution in [0.2, 0.25) is 0 Å². The van der Waals surface area contributed by atoms with Crippen LogP contribution in [0.5, 0.6) is 0 Å². The first-order chi connectivity index (χ1) is 8.59. The summed E-state index contributed by atoms with van der Waals surface area (Å²) in [5, 5.41) is 0. The van der Waals surface area contributed by atoms with Crippen LogP contribution in [-0.2, 0) is 10.3 Å². The van der Waals surface area contributed by atoms with E-state index in [2.05, 4.69) is 4.99 Å². The lowest BCUT2D eigenvalue weighted by Crippen LogP contribution is -2.20. The molecular weight excluding hydrogens is 231 g/mol. The number of carbonyl (C=O) groups excluding carboxylic acids is 1. The number of isocyanates is 1. The summed E-state index contributed by atoms with van der Waals surface area (Å²) in [6.07, 6.45) is 5.43. The van der Waals surface area contributed by atoms with Gasteiger partial charge in [0.25, 0.3) is 0 Å². The maximum absolute atomic E-state index is 13.7. The van der Waals surface area contributed by atoms with E-state index < -0.39 is 5.54 Å². The molecule has 3 nitrogen and oxygen atoms in total. The second-order valence-corrected chi connectivity index (χ2v) is 5.00. The van der Waals surface area contributed by atoms with Crippen molar-refractivity contribution in [2.24, 2.45) is 4.99 Å². The fraction of sp³-hybridized carbons (Fsp3) is 0.500. The molecule has 0 saturated heterocycles. The molecule has 0 atom stereocenters. The molecule has 0 aliphatic heterocycles. The van der Waals surface area contributed by atoms with Crippen molar-refractivity contribution in [3.63, 3.8) is 0 Å². The molecule has 1 saturated carbocycles. The highest BCUT2D eigenvalue weighted by Gasteiger charge is 2.36. The molecule has 2 rings (SSSR count). The van der Waals surface area contributed by atoms with Gasteiger partial charge in [0.2, 0.25) is 6.08 Å². The Morgan fingerprint density at radius 1 is 1.33 bits per heavy atom. The molecule has 1 aromatic rings. The molecule has 4 heteroatoms. The fourth-order valence-corrected chi connectivity index (χ4v) is 2.66. The summed E-state index contributed by atoms with van der Waals surface area (Å²) in [7, 11) is 3.60. The van der Waals surface area contributed by atoms with Gasteiger partial charge in [0.05, 0.1) is 11.2 Å². The number of hydrogen-bond donors (Lipinski definition) is 0. The number of anilines is 1. The minimum Gasteiger partial charge on any atom is -0.375 e. The van der Waals surface area contributed by atoms with Crippen molar-refractivity contribution in [3.8, 4) is 0 Å². The van der Waals surface area contributed by atoms with E-state index in [0.717, 1.165) is 31.2 Å². The van der Waals surface area contributed by atoms with Gasteiger partial charge in [-0.25, -0.2) is 9.18 Å². The molecule has 0 radical (unpaired) electrons. The smallest absolute Gasteiger partial charge is 0.235 e. The van der Waals surface area contributed by atoms with Gasteiger partial charge >= 0.3 is 0 Å². The van der Waals surface area contributed by atoms with E-state index in [-0.39, 0.29) is 5.82 Å². The molecule has 96 valence electrons. The standard InChI is InChI=1S/C14H17FN2O/c1-17(2)13-9-11(5-6-12(13)15)14(16-10-18)7-3-4-8-14/h5-6,9H,3-4,7-8H2,1-2H3. The third-order valence-electron chi connectivity index (χ3n) is 3.66. The number of nitrogens with zero attached hydrogens (tertiary/aromatic N) is 2. The molecule has 0 bridgehead atoms. The molecule has 1 aliphatic rings. The Kier molecular flexibility index (Phi) is 3.48. The lowest BCUT2D eigenvalue weighted by Gasteiger charge is -2.25. The Balaban J connectivity index is 2.49. The summed E-state index contributed by atoms with van der Waals surface area (Å²) in [4.78, 5) is 16.4. The van der Waals surface area contributed by atoms with Gasteiger partial charge < -0.3 is 4.90 Å². The molecule has 0 aromatic heterocycles. The van der Waals surface area contributed by atoms with E-state index in [0.29, 0.717) is 5.69 Å². The minimum absolute atomic E-state index is 0.257. The Hall–Kier alpha value is -1.67. The van der Waals surface area contributed by atoms with Crippen molar-refractivity contribution in [2.75, 3.05) is 19.0 Å². The van der Waals surface area contributed by atoms with E-state index in [4.69, 9.17) is 0 Å². The Labute approximate surface area is 106 Å². The van der Waals surface area contributed by atoms with Crippen molar-refractivity contribution in [3.05, 3.63) is 29.6 Å². The first kappa shape index (κ1) is 12.8. The average molecular weight is 248 g/mol. The summed E-state index contributed by atoms with van der Waals surface area (Å²) in [5.74, 6) is -0.257. The molecule has 1 fully saturated rings. The number of hydrogen-bond acceptors (Lipinski definition) is 3. The van der Waals surface area contributed by atoms with Crippen LogP contribution >= 0.6 is 0 Å². The van der Waals surface area contributed by atoms with E-state index in [9.17, 15) is 9.18 Å². The average Bonchev–Trinajstić information content (AvgIpc) is 2.79. The van der Waals surface area contributed by atoms with Gasteiger partial charge in [0, 0.05) is 14.1 Å². The largest absolute Gasteiger partial charge is 0.375 e. The number of rotatable bonds is 3. The van der Waals surface area contributed by atoms with Crippen LogP contribution in [0, 0.1) is 5.82 Å². The number of halogens is 1. The third-order valence-corrected chi connectivity index (χ3v) is 3.66. The van der Waals surface area contributed by atoms with E-state index in [1.807, 2.05) is 0 Å². The van der Waals surface area contributed by atoms with E-state index >= 15 is 0 Å². The van der Waals surface area contributed by atoms with Crippen molar-refractivity contribution in [1.82, 2.24) is 0 Å². The van der Waals surface area contributed by atoms with Gasteiger partial charge in [-0.1, -0.05) is 18.9 Å². The van der Waals surface area contributed by atoms with Crippen molar-refractivity contribution in [1.29, 1.82) is 0 Å². The highest BCUT2D eigenvalue weighted by molar-refractivity contribution is 5.51. The van der Waals surface area contributed by atoms with Gasteiger partial charge in [0.1, 0.15) is 5.82 Å². The van der Waals surface area contributed by atoms with E-state index in [1.54, 1.807) is 37.2 Å².